The van der Waals surface area contributed by atoms with E-state index in [2.05, 4.69) is 45.7 Å². The van der Waals surface area contributed by atoms with Crippen molar-refractivity contribution in [1.82, 2.24) is 19.2 Å². The molecule has 0 atom stereocenters. The summed E-state index contributed by atoms with van der Waals surface area (Å²) >= 11 is 3.44. The van der Waals surface area contributed by atoms with Crippen molar-refractivity contribution in [2.45, 2.75) is 32.4 Å². The fourth-order valence-corrected chi connectivity index (χ4v) is 3.82. The molecule has 0 fully saturated rings. The van der Waals surface area contributed by atoms with Gasteiger partial charge in [-0.05, 0) is 46.2 Å². The van der Waals surface area contributed by atoms with E-state index in [-0.39, 0.29) is 18.5 Å². The third kappa shape index (κ3) is 4.28. The number of halogens is 2. The van der Waals surface area contributed by atoms with Gasteiger partial charge in [-0.3, -0.25) is 0 Å². The largest absolute Gasteiger partial charge is 0.369 e. The van der Waals surface area contributed by atoms with Gasteiger partial charge in [0.1, 0.15) is 12.5 Å². The normalized spacial score (nSPS) is 12.0. The Morgan fingerprint density at radius 2 is 1.93 bits per heavy atom. The number of nitrogens with zero attached hydrogens (tertiary/aromatic N) is 4. The van der Waals surface area contributed by atoms with Crippen LogP contribution in [0, 0.1) is 5.82 Å². The predicted molar refractivity (Wildman–Crippen MR) is 109 cm³/mol. The molecule has 3 rings (SSSR count). The molecule has 0 radical (unpaired) electrons. The molecular formula is C17H21BrFN5O2Si. The van der Waals surface area contributed by atoms with E-state index >= 15 is 0 Å². The first-order valence-corrected chi connectivity index (χ1v) is 13.0. The van der Waals surface area contributed by atoms with Crippen LogP contribution in [0.1, 0.15) is 0 Å². The second-order valence-electron chi connectivity index (χ2n) is 7.43. The van der Waals surface area contributed by atoms with E-state index in [0.29, 0.717) is 28.0 Å². The van der Waals surface area contributed by atoms with Gasteiger partial charge in [0, 0.05) is 20.2 Å². The van der Waals surface area contributed by atoms with E-state index < -0.39 is 13.8 Å². The Hall–Kier alpha value is -2.04. The lowest BCUT2D eigenvalue weighted by atomic mass is 10.1. The first-order valence-electron chi connectivity index (χ1n) is 8.45. The van der Waals surface area contributed by atoms with Crippen molar-refractivity contribution in [2.75, 3.05) is 12.3 Å². The Bertz CT molecular complexity index is 1030. The lowest BCUT2D eigenvalue weighted by Gasteiger charge is -2.14. The zero-order valence-electron chi connectivity index (χ0n) is 15.4. The minimum atomic E-state index is -1.21. The second-order valence-corrected chi connectivity index (χ2v) is 13.8. The summed E-state index contributed by atoms with van der Waals surface area (Å²) in [6, 6.07) is 6.85. The minimum absolute atomic E-state index is 0.00544. The molecule has 144 valence electrons. The zero-order chi connectivity index (χ0) is 19.8. The molecule has 7 nitrogen and oxygen atoms in total. The lowest BCUT2D eigenvalue weighted by molar-refractivity contribution is 0.0761. The van der Waals surface area contributed by atoms with E-state index in [1.807, 2.05) is 0 Å². The van der Waals surface area contributed by atoms with E-state index in [9.17, 15) is 9.18 Å². The molecule has 0 saturated heterocycles. The van der Waals surface area contributed by atoms with Crippen molar-refractivity contribution in [2.24, 2.45) is 0 Å². The number of hydrogen-bond donors (Lipinski definition) is 1. The summed E-state index contributed by atoms with van der Waals surface area (Å²) in [5, 5.41) is 4.32. The third-order valence-electron chi connectivity index (χ3n) is 4.03. The van der Waals surface area contributed by atoms with Gasteiger partial charge in [-0.15, -0.1) is 5.10 Å². The maximum Gasteiger partial charge on any atom is 0.355 e. The fraction of sp³-hybridized carbons (Fsp3) is 0.353. The van der Waals surface area contributed by atoms with Crippen LogP contribution < -0.4 is 11.4 Å². The first-order chi connectivity index (χ1) is 12.7. The third-order valence-corrected chi connectivity index (χ3v) is 6.46. The molecule has 2 heterocycles. The molecular weight excluding hydrogens is 433 g/mol. The Balaban J connectivity index is 1.94. The molecule has 0 saturated carbocycles. The van der Waals surface area contributed by atoms with Gasteiger partial charge in [-0.2, -0.15) is 4.68 Å². The van der Waals surface area contributed by atoms with Crippen LogP contribution in [0.15, 0.2) is 33.5 Å². The molecule has 10 heteroatoms. The van der Waals surface area contributed by atoms with Crippen LogP contribution in [0.5, 0.6) is 0 Å². The van der Waals surface area contributed by atoms with Gasteiger partial charge < -0.3 is 10.5 Å². The maximum absolute atomic E-state index is 13.2. The van der Waals surface area contributed by atoms with Crippen LogP contribution in [-0.2, 0) is 11.5 Å². The highest BCUT2D eigenvalue weighted by atomic mass is 79.9. The van der Waals surface area contributed by atoms with Gasteiger partial charge in [0.15, 0.2) is 5.65 Å². The maximum atomic E-state index is 13.2. The van der Waals surface area contributed by atoms with Crippen LogP contribution >= 0.6 is 15.9 Å². The number of benzene rings is 1. The molecule has 0 amide bonds. The van der Waals surface area contributed by atoms with Crippen molar-refractivity contribution >= 4 is 35.6 Å². The highest BCUT2D eigenvalue weighted by Crippen LogP contribution is 2.30. The average molecular weight is 454 g/mol. The van der Waals surface area contributed by atoms with Gasteiger partial charge in [0.2, 0.25) is 5.95 Å². The molecule has 0 spiro atoms. The van der Waals surface area contributed by atoms with Gasteiger partial charge in [-0.25, -0.2) is 18.6 Å². The van der Waals surface area contributed by atoms with Crippen molar-refractivity contribution in [3.63, 3.8) is 0 Å². The fourth-order valence-electron chi connectivity index (χ4n) is 2.49. The van der Waals surface area contributed by atoms with Gasteiger partial charge in [0.25, 0.3) is 0 Å². The molecule has 3 aromatic rings. The minimum Gasteiger partial charge on any atom is -0.369 e. The smallest absolute Gasteiger partial charge is 0.355 e. The van der Waals surface area contributed by atoms with Crippen molar-refractivity contribution in [1.29, 1.82) is 0 Å². The number of nitrogens with two attached hydrogens (primary N) is 1. The van der Waals surface area contributed by atoms with E-state index in [4.69, 9.17) is 10.5 Å². The van der Waals surface area contributed by atoms with E-state index in [0.717, 1.165) is 6.04 Å². The summed E-state index contributed by atoms with van der Waals surface area (Å²) in [5.74, 6) is -0.342. The van der Waals surface area contributed by atoms with Crippen molar-refractivity contribution in [3.05, 3.63) is 45.0 Å². The van der Waals surface area contributed by atoms with Crippen molar-refractivity contribution < 1.29 is 9.13 Å². The summed E-state index contributed by atoms with van der Waals surface area (Å²) in [4.78, 5) is 16.9. The molecule has 0 aliphatic carbocycles. The first kappa shape index (κ1) is 19.7. The van der Waals surface area contributed by atoms with E-state index in [1.54, 1.807) is 12.1 Å². The van der Waals surface area contributed by atoms with Crippen LogP contribution in [0.2, 0.25) is 25.7 Å². The summed E-state index contributed by atoms with van der Waals surface area (Å²) in [5.41, 5.74) is 7.04. The topological polar surface area (TPSA) is 87.4 Å². The monoisotopic (exact) mass is 453 g/mol. The van der Waals surface area contributed by atoms with Crippen LogP contribution in [0.3, 0.4) is 0 Å². The molecule has 2 N–H and O–H groups in total. The Kier molecular flexibility index (Phi) is 5.49. The van der Waals surface area contributed by atoms with Crippen LogP contribution in [0.4, 0.5) is 10.3 Å². The summed E-state index contributed by atoms with van der Waals surface area (Å²) in [6.07, 6.45) is 0. The number of fused-ring (bicyclic) bond motifs is 1. The lowest BCUT2D eigenvalue weighted by Crippen LogP contribution is -2.26. The van der Waals surface area contributed by atoms with Gasteiger partial charge in [0.05, 0.1) is 10.2 Å². The standard InChI is InChI=1S/C17H21BrFN5O2Si/c1-27(2,3)9-8-26-10-23-17(25)24-15(22-23)13(18)14(21-16(24)20)11-4-6-12(19)7-5-11/h4-7H,8-10H2,1-3H3,(H2,20,21). The molecule has 0 aliphatic heterocycles. The quantitative estimate of drug-likeness (QED) is 0.456. The summed E-state index contributed by atoms with van der Waals surface area (Å²) < 4.78 is 21.7. The highest BCUT2D eigenvalue weighted by Gasteiger charge is 2.19. The number of aromatic nitrogens is 4. The number of ether oxygens (including phenoxy) is 1. The second kappa shape index (κ2) is 7.53. The highest BCUT2D eigenvalue weighted by molar-refractivity contribution is 9.10. The van der Waals surface area contributed by atoms with Crippen LogP contribution in [0.25, 0.3) is 16.9 Å². The Morgan fingerprint density at radius 3 is 2.56 bits per heavy atom. The number of rotatable bonds is 6. The average Bonchev–Trinajstić information content (AvgIpc) is 2.93. The van der Waals surface area contributed by atoms with Crippen molar-refractivity contribution in [3.8, 4) is 11.3 Å². The number of nitrogen functional groups attached to an aromatic ring is 1. The molecule has 1 aromatic carbocycles. The zero-order valence-corrected chi connectivity index (χ0v) is 18.0. The molecule has 0 aliphatic rings. The number of hydrogen-bond acceptors (Lipinski definition) is 5. The number of anilines is 1. The summed E-state index contributed by atoms with van der Waals surface area (Å²) in [7, 11) is -1.21. The Labute approximate surface area is 165 Å². The summed E-state index contributed by atoms with van der Waals surface area (Å²) in [6.45, 7) is 7.39. The van der Waals surface area contributed by atoms with Gasteiger partial charge >= 0.3 is 5.69 Å². The van der Waals surface area contributed by atoms with E-state index in [1.165, 1.54) is 21.2 Å². The SMILES string of the molecule is C[Si](C)(C)CCOCn1nc2c(Br)c(-c3ccc(F)cc3)nc(N)n2c1=O. The molecule has 27 heavy (non-hydrogen) atoms. The van der Waals surface area contributed by atoms with Gasteiger partial charge in [-0.1, -0.05) is 19.6 Å². The Morgan fingerprint density at radius 1 is 1.26 bits per heavy atom. The predicted octanol–water partition coefficient (Wildman–Crippen LogP) is 3.35. The van der Waals surface area contributed by atoms with Crippen LogP contribution in [-0.4, -0.2) is 33.8 Å². The molecule has 0 unspecified atom stereocenters. The molecule has 0 bridgehead atoms. The molecule has 2 aromatic heterocycles.